The van der Waals surface area contributed by atoms with Gasteiger partial charge in [-0.2, -0.15) is 8.42 Å². The molecule has 2 heterocycles. The monoisotopic (exact) mass is 291 g/mol. The lowest BCUT2D eigenvalue weighted by atomic mass is 9.96. The lowest BCUT2D eigenvalue weighted by Gasteiger charge is -2.34. The lowest BCUT2D eigenvalue weighted by Crippen LogP contribution is -2.46. The fraction of sp³-hybridized carbons (Fsp3) is 0.909. The van der Waals surface area contributed by atoms with Crippen molar-refractivity contribution >= 4 is 16.1 Å². The summed E-state index contributed by atoms with van der Waals surface area (Å²) in [5.41, 5.74) is 0. The van der Waals surface area contributed by atoms with Gasteiger partial charge in [0.25, 0.3) is 10.2 Å². The Bertz CT molecular complexity index is 420. The predicted octanol–water partition coefficient (Wildman–Crippen LogP) is -0.945. The molecule has 7 nitrogen and oxygen atoms in total. The molecule has 2 rings (SSSR count). The summed E-state index contributed by atoms with van der Waals surface area (Å²) in [5.74, 6) is 0.251. The minimum absolute atomic E-state index is 0.0232. The van der Waals surface area contributed by atoms with Crippen molar-refractivity contribution in [2.24, 2.45) is 17.0 Å². The van der Waals surface area contributed by atoms with Gasteiger partial charge in [0.1, 0.15) is 0 Å². The Morgan fingerprint density at radius 2 is 2.21 bits per heavy atom. The number of nitrogens with zero attached hydrogens (tertiary/aromatic N) is 1. The van der Waals surface area contributed by atoms with Crippen molar-refractivity contribution in [3.8, 4) is 0 Å². The summed E-state index contributed by atoms with van der Waals surface area (Å²) >= 11 is 0. The lowest BCUT2D eigenvalue weighted by molar-refractivity contribution is -0.137. The molecule has 0 aliphatic carbocycles. The summed E-state index contributed by atoms with van der Waals surface area (Å²) in [6.07, 6.45) is 2.60. The maximum absolute atomic E-state index is 12.2. The molecule has 2 unspecified atom stereocenters. The SMILES string of the molecule is NS(=O)(=O)NCC1CCCN(C(=O)C2CCOC2)C1. The van der Waals surface area contributed by atoms with Crippen LogP contribution in [0.3, 0.4) is 0 Å². The number of hydrogen-bond donors (Lipinski definition) is 2. The van der Waals surface area contributed by atoms with Gasteiger partial charge in [0, 0.05) is 26.2 Å². The number of rotatable bonds is 4. The van der Waals surface area contributed by atoms with Crippen LogP contribution in [0.4, 0.5) is 0 Å². The Hall–Kier alpha value is -0.700. The van der Waals surface area contributed by atoms with Crippen molar-refractivity contribution in [3.05, 3.63) is 0 Å². The smallest absolute Gasteiger partial charge is 0.274 e. The largest absolute Gasteiger partial charge is 0.381 e. The Morgan fingerprint density at radius 1 is 1.42 bits per heavy atom. The highest BCUT2D eigenvalue weighted by Gasteiger charge is 2.31. The average molecular weight is 291 g/mol. The van der Waals surface area contributed by atoms with Crippen LogP contribution in [0.25, 0.3) is 0 Å². The Balaban J connectivity index is 1.84. The number of piperidine rings is 1. The van der Waals surface area contributed by atoms with E-state index in [1.807, 2.05) is 4.90 Å². The van der Waals surface area contributed by atoms with Gasteiger partial charge in [0.15, 0.2) is 0 Å². The summed E-state index contributed by atoms with van der Waals surface area (Å²) in [4.78, 5) is 14.1. The van der Waals surface area contributed by atoms with Gasteiger partial charge in [-0.1, -0.05) is 0 Å². The van der Waals surface area contributed by atoms with E-state index in [0.29, 0.717) is 26.3 Å². The Labute approximate surface area is 113 Å². The second-order valence-corrected chi connectivity index (χ2v) is 6.63. The Kier molecular flexibility index (Phi) is 4.77. The van der Waals surface area contributed by atoms with E-state index in [1.165, 1.54) is 0 Å². The van der Waals surface area contributed by atoms with Crippen LogP contribution < -0.4 is 9.86 Å². The van der Waals surface area contributed by atoms with Crippen LogP contribution in [0.1, 0.15) is 19.3 Å². The van der Waals surface area contributed by atoms with E-state index in [9.17, 15) is 13.2 Å². The third kappa shape index (κ3) is 4.41. The van der Waals surface area contributed by atoms with E-state index in [-0.39, 0.29) is 17.7 Å². The first-order valence-electron chi connectivity index (χ1n) is 6.59. The quantitative estimate of drug-likeness (QED) is 0.697. The highest BCUT2D eigenvalue weighted by Crippen LogP contribution is 2.21. The van der Waals surface area contributed by atoms with E-state index < -0.39 is 10.2 Å². The fourth-order valence-electron chi connectivity index (χ4n) is 2.65. The summed E-state index contributed by atoms with van der Waals surface area (Å²) < 4.78 is 29.3. The molecule has 0 aromatic rings. The third-order valence-corrected chi connectivity index (χ3v) is 4.25. The second kappa shape index (κ2) is 6.17. The van der Waals surface area contributed by atoms with Crippen molar-refractivity contribution < 1.29 is 17.9 Å². The van der Waals surface area contributed by atoms with Gasteiger partial charge in [-0.15, -0.1) is 0 Å². The van der Waals surface area contributed by atoms with Crippen molar-refractivity contribution in [1.29, 1.82) is 0 Å². The number of amides is 1. The van der Waals surface area contributed by atoms with Gasteiger partial charge in [0.05, 0.1) is 12.5 Å². The molecule has 2 atom stereocenters. The molecule has 0 radical (unpaired) electrons. The average Bonchev–Trinajstić information content (AvgIpc) is 2.89. The molecular formula is C11H21N3O4S. The van der Waals surface area contributed by atoms with E-state index in [2.05, 4.69) is 4.72 Å². The first-order chi connectivity index (χ1) is 8.96. The molecule has 0 spiro atoms. The standard InChI is InChI=1S/C11H21N3O4S/c12-19(16,17)13-6-9-2-1-4-14(7-9)11(15)10-3-5-18-8-10/h9-10,13H,1-8H2,(H2,12,16,17). The van der Waals surface area contributed by atoms with E-state index in [1.54, 1.807) is 0 Å². The van der Waals surface area contributed by atoms with Gasteiger partial charge in [-0.25, -0.2) is 9.86 Å². The zero-order chi connectivity index (χ0) is 13.9. The normalized spacial score (nSPS) is 28.6. The highest BCUT2D eigenvalue weighted by atomic mass is 32.2. The maximum Gasteiger partial charge on any atom is 0.274 e. The zero-order valence-corrected chi connectivity index (χ0v) is 11.7. The van der Waals surface area contributed by atoms with Crippen molar-refractivity contribution in [3.63, 3.8) is 0 Å². The molecule has 2 saturated heterocycles. The van der Waals surface area contributed by atoms with Gasteiger partial charge >= 0.3 is 0 Å². The molecule has 0 aromatic heterocycles. The number of nitrogens with one attached hydrogen (secondary N) is 1. The van der Waals surface area contributed by atoms with Crippen molar-refractivity contribution in [1.82, 2.24) is 9.62 Å². The van der Waals surface area contributed by atoms with Crippen LogP contribution in [-0.4, -0.2) is 52.1 Å². The number of carbonyl (C=O) groups is 1. The molecule has 3 N–H and O–H groups in total. The molecule has 0 bridgehead atoms. The number of nitrogens with two attached hydrogens (primary N) is 1. The minimum Gasteiger partial charge on any atom is -0.381 e. The van der Waals surface area contributed by atoms with Gasteiger partial charge in [0.2, 0.25) is 5.91 Å². The van der Waals surface area contributed by atoms with Crippen molar-refractivity contribution in [2.75, 3.05) is 32.8 Å². The molecular weight excluding hydrogens is 270 g/mol. The molecule has 19 heavy (non-hydrogen) atoms. The number of hydrogen-bond acceptors (Lipinski definition) is 4. The highest BCUT2D eigenvalue weighted by molar-refractivity contribution is 7.87. The van der Waals surface area contributed by atoms with E-state index in [0.717, 1.165) is 25.8 Å². The summed E-state index contributed by atoms with van der Waals surface area (Å²) in [6.45, 7) is 2.80. The maximum atomic E-state index is 12.2. The first kappa shape index (κ1) is 14.7. The van der Waals surface area contributed by atoms with Crippen LogP contribution in [0.5, 0.6) is 0 Å². The molecule has 1 amide bonds. The fourth-order valence-corrected chi connectivity index (χ4v) is 3.12. The van der Waals surface area contributed by atoms with Crippen molar-refractivity contribution in [2.45, 2.75) is 19.3 Å². The summed E-state index contributed by atoms with van der Waals surface area (Å²) in [7, 11) is -3.65. The molecule has 110 valence electrons. The van der Waals surface area contributed by atoms with E-state index in [4.69, 9.17) is 9.88 Å². The molecule has 2 aliphatic rings. The van der Waals surface area contributed by atoms with E-state index >= 15 is 0 Å². The molecule has 0 aromatic carbocycles. The summed E-state index contributed by atoms with van der Waals surface area (Å²) in [6, 6.07) is 0. The summed E-state index contributed by atoms with van der Waals surface area (Å²) in [5, 5.41) is 4.91. The third-order valence-electron chi connectivity index (χ3n) is 3.68. The number of ether oxygens (including phenoxy) is 1. The number of carbonyl (C=O) groups excluding carboxylic acids is 1. The van der Waals surface area contributed by atoms with Crippen LogP contribution in [0, 0.1) is 11.8 Å². The first-order valence-corrected chi connectivity index (χ1v) is 8.14. The van der Waals surface area contributed by atoms with Gasteiger partial charge in [-0.05, 0) is 25.2 Å². The molecule has 2 fully saturated rings. The molecule has 2 aliphatic heterocycles. The number of likely N-dealkylation sites (tertiary alicyclic amines) is 1. The van der Waals surface area contributed by atoms with Crippen LogP contribution in [0.15, 0.2) is 0 Å². The van der Waals surface area contributed by atoms with Crippen LogP contribution in [0.2, 0.25) is 0 Å². The molecule has 0 saturated carbocycles. The predicted molar refractivity (Wildman–Crippen MR) is 69.3 cm³/mol. The molecule has 8 heteroatoms. The van der Waals surface area contributed by atoms with Crippen LogP contribution in [-0.2, 0) is 19.7 Å². The minimum atomic E-state index is -3.65. The second-order valence-electron chi connectivity index (χ2n) is 5.25. The Morgan fingerprint density at radius 3 is 2.84 bits per heavy atom. The topological polar surface area (TPSA) is 102 Å². The van der Waals surface area contributed by atoms with Gasteiger partial charge < -0.3 is 9.64 Å². The van der Waals surface area contributed by atoms with Gasteiger partial charge in [-0.3, -0.25) is 4.79 Å². The van der Waals surface area contributed by atoms with Crippen LogP contribution >= 0.6 is 0 Å². The zero-order valence-electron chi connectivity index (χ0n) is 10.9.